The number of rotatable bonds is 8. The summed E-state index contributed by atoms with van der Waals surface area (Å²) in [4.78, 5) is 35.3. The molecule has 0 saturated heterocycles. The fourth-order valence-electron chi connectivity index (χ4n) is 4.39. The molecule has 0 spiro atoms. The number of carbonyl (C=O) groups excluding carboxylic acids is 2. The number of pyridine rings is 1. The third-order valence-corrected chi connectivity index (χ3v) is 6.49. The van der Waals surface area contributed by atoms with Crippen LogP contribution in [0.1, 0.15) is 57.4 Å². The van der Waals surface area contributed by atoms with Crippen LogP contribution in [0, 0.1) is 12.8 Å². The highest BCUT2D eigenvalue weighted by molar-refractivity contribution is 6.29. The minimum absolute atomic E-state index is 0.00481. The summed E-state index contributed by atoms with van der Waals surface area (Å²) in [6.45, 7) is 5.64. The Hall–Kier alpha value is -3.75. The highest BCUT2D eigenvalue weighted by atomic mass is 35.5. The number of aliphatic imine (C=N–C) groups is 1. The second kappa shape index (κ2) is 11.1. The van der Waals surface area contributed by atoms with E-state index in [4.69, 9.17) is 26.4 Å². The zero-order chi connectivity index (χ0) is 26.7. The summed E-state index contributed by atoms with van der Waals surface area (Å²) in [5.41, 5.74) is 5.05. The van der Waals surface area contributed by atoms with Crippen LogP contribution in [0.4, 0.5) is 11.4 Å². The average molecular weight is 521 g/mol. The van der Waals surface area contributed by atoms with E-state index in [1.54, 1.807) is 19.2 Å². The van der Waals surface area contributed by atoms with Crippen molar-refractivity contribution < 1.29 is 19.4 Å². The molecular formula is C28H29ClN4O4. The summed E-state index contributed by atoms with van der Waals surface area (Å²) in [6, 6.07) is 14.3. The molecule has 0 bridgehead atoms. The first-order chi connectivity index (χ1) is 17.7. The second-order valence-electron chi connectivity index (χ2n) is 8.94. The molecule has 192 valence electrons. The smallest absolute Gasteiger partial charge is 0.272 e. The maximum Gasteiger partial charge on any atom is 0.272 e. The van der Waals surface area contributed by atoms with Gasteiger partial charge in [-0.05, 0) is 74.4 Å². The number of fused-ring (bicyclic) bond motifs is 1. The monoisotopic (exact) mass is 520 g/mol. The summed E-state index contributed by atoms with van der Waals surface area (Å²) in [7, 11) is 1.61. The van der Waals surface area contributed by atoms with Crippen LogP contribution in [0.15, 0.2) is 53.5 Å². The molecule has 0 fully saturated rings. The van der Waals surface area contributed by atoms with E-state index in [-0.39, 0.29) is 35.8 Å². The number of amides is 1. The number of aryl methyl sites for hydroxylation is 1. The molecule has 1 amide bonds. The molecule has 1 aliphatic heterocycles. The van der Waals surface area contributed by atoms with E-state index in [0.29, 0.717) is 22.6 Å². The molecule has 0 saturated carbocycles. The Morgan fingerprint density at radius 2 is 1.92 bits per heavy atom. The number of ketones is 1. The Kier molecular flexibility index (Phi) is 7.90. The quantitative estimate of drug-likeness (QED) is 0.364. The highest BCUT2D eigenvalue weighted by Crippen LogP contribution is 2.39. The molecule has 8 nitrogen and oxygen atoms in total. The largest absolute Gasteiger partial charge is 0.497 e. The first kappa shape index (κ1) is 26.3. The molecule has 0 aliphatic carbocycles. The molecule has 1 aromatic heterocycles. The standard InChI is InChI=1S/C28H29ClN4O4/c1-15-13-20(17(3)31-22-9-10-23(29)32-26(22)28(36)30-11-12-34)25-21(14-15)27(35)16(2)24(33-25)18-5-7-19(37-4)8-6-18/h5-10,13-14,16-17,31,34H,11-12H2,1-4H3,(H,30,36)/t16?,17-/m1/s1. The van der Waals surface area contributed by atoms with Crippen molar-refractivity contribution in [2.45, 2.75) is 26.8 Å². The number of benzene rings is 2. The van der Waals surface area contributed by atoms with Gasteiger partial charge in [-0.3, -0.25) is 14.6 Å². The molecule has 37 heavy (non-hydrogen) atoms. The molecule has 2 aromatic carbocycles. The number of ether oxygens (including phenoxy) is 1. The van der Waals surface area contributed by atoms with E-state index in [1.165, 1.54) is 0 Å². The number of Topliss-reactive ketones (excluding diaryl/α,β-unsaturated/α-hetero) is 1. The van der Waals surface area contributed by atoms with E-state index in [2.05, 4.69) is 15.6 Å². The molecule has 3 aromatic rings. The minimum Gasteiger partial charge on any atom is -0.497 e. The van der Waals surface area contributed by atoms with Crippen molar-refractivity contribution in [1.29, 1.82) is 0 Å². The molecule has 1 unspecified atom stereocenters. The Labute approximate surface area is 220 Å². The van der Waals surface area contributed by atoms with Gasteiger partial charge >= 0.3 is 0 Å². The van der Waals surface area contributed by atoms with Crippen molar-refractivity contribution in [2.75, 3.05) is 25.6 Å². The SMILES string of the molecule is COc1ccc(C2=Nc3c(cc(C)cc3[C@@H](C)Nc3ccc(Cl)nc3C(=O)NCCO)C(=O)C2C)cc1. The zero-order valence-electron chi connectivity index (χ0n) is 21.1. The van der Waals surface area contributed by atoms with Crippen LogP contribution < -0.4 is 15.4 Å². The van der Waals surface area contributed by atoms with Crippen molar-refractivity contribution in [3.8, 4) is 5.75 Å². The lowest BCUT2D eigenvalue weighted by Gasteiger charge is -2.26. The lowest BCUT2D eigenvalue weighted by molar-refractivity contribution is 0.0938. The number of nitrogens with zero attached hydrogens (tertiary/aromatic N) is 2. The Bertz CT molecular complexity index is 1370. The van der Waals surface area contributed by atoms with Crippen LogP contribution in [-0.4, -0.2) is 47.8 Å². The fraction of sp³-hybridized carbons (Fsp3) is 0.286. The highest BCUT2D eigenvalue weighted by Gasteiger charge is 2.31. The maximum atomic E-state index is 13.5. The molecule has 9 heteroatoms. The third-order valence-electron chi connectivity index (χ3n) is 6.28. The Morgan fingerprint density at radius 1 is 1.19 bits per heavy atom. The van der Waals surface area contributed by atoms with Crippen molar-refractivity contribution in [2.24, 2.45) is 10.9 Å². The fourth-order valence-corrected chi connectivity index (χ4v) is 4.54. The van der Waals surface area contributed by atoms with E-state index in [9.17, 15) is 9.59 Å². The van der Waals surface area contributed by atoms with Gasteiger partial charge in [0, 0.05) is 17.7 Å². The van der Waals surface area contributed by atoms with E-state index >= 15 is 0 Å². The van der Waals surface area contributed by atoms with E-state index in [0.717, 1.165) is 22.4 Å². The van der Waals surface area contributed by atoms with Gasteiger partial charge in [0.1, 0.15) is 10.9 Å². The van der Waals surface area contributed by atoms with Gasteiger partial charge in [-0.2, -0.15) is 0 Å². The molecule has 1 aliphatic rings. The number of nitrogens with one attached hydrogen (secondary N) is 2. The van der Waals surface area contributed by atoms with Crippen molar-refractivity contribution >= 4 is 40.4 Å². The van der Waals surface area contributed by atoms with Gasteiger partial charge in [-0.1, -0.05) is 17.7 Å². The average Bonchev–Trinajstić information content (AvgIpc) is 2.90. The summed E-state index contributed by atoms with van der Waals surface area (Å²) in [6.07, 6.45) is 0. The number of carbonyl (C=O) groups is 2. The Morgan fingerprint density at radius 3 is 2.59 bits per heavy atom. The summed E-state index contributed by atoms with van der Waals surface area (Å²) >= 11 is 6.06. The Balaban J connectivity index is 1.75. The second-order valence-corrected chi connectivity index (χ2v) is 9.32. The minimum atomic E-state index is -0.457. The lowest BCUT2D eigenvalue weighted by Crippen LogP contribution is -2.28. The predicted molar refractivity (Wildman–Crippen MR) is 145 cm³/mol. The van der Waals surface area contributed by atoms with E-state index in [1.807, 2.05) is 57.2 Å². The number of aliphatic hydroxyl groups is 1. The molecule has 3 N–H and O–H groups in total. The van der Waals surface area contributed by atoms with Gasteiger partial charge < -0.3 is 20.5 Å². The van der Waals surface area contributed by atoms with E-state index < -0.39 is 11.8 Å². The van der Waals surface area contributed by atoms with Crippen LogP contribution >= 0.6 is 11.6 Å². The summed E-state index contributed by atoms with van der Waals surface area (Å²) in [5.74, 6) is -0.128. The summed E-state index contributed by atoms with van der Waals surface area (Å²) in [5, 5.41) is 15.2. The first-order valence-corrected chi connectivity index (χ1v) is 12.3. The van der Waals surface area contributed by atoms with Crippen LogP contribution in [-0.2, 0) is 0 Å². The maximum absolute atomic E-state index is 13.5. The van der Waals surface area contributed by atoms with Gasteiger partial charge in [-0.25, -0.2) is 4.98 Å². The molecule has 2 heterocycles. The van der Waals surface area contributed by atoms with Crippen LogP contribution in [0.3, 0.4) is 0 Å². The number of halogens is 1. The van der Waals surface area contributed by atoms with Crippen LogP contribution in [0.2, 0.25) is 5.15 Å². The zero-order valence-corrected chi connectivity index (χ0v) is 21.9. The van der Waals surface area contributed by atoms with Gasteiger partial charge in [0.15, 0.2) is 11.5 Å². The number of aromatic nitrogens is 1. The normalized spacial score (nSPS) is 15.5. The molecule has 2 atom stereocenters. The van der Waals surface area contributed by atoms with Gasteiger partial charge in [0.05, 0.1) is 42.8 Å². The first-order valence-electron chi connectivity index (χ1n) is 12.0. The topological polar surface area (TPSA) is 113 Å². The molecular weight excluding hydrogens is 492 g/mol. The van der Waals surface area contributed by atoms with Gasteiger partial charge in [-0.15, -0.1) is 0 Å². The van der Waals surface area contributed by atoms with Crippen LogP contribution in [0.5, 0.6) is 5.75 Å². The van der Waals surface area contributed by atoms with Crippen molar-refractivity contribution in [1.82, 2.24) is 10.3 Å². The van der Waals surface area contributed by atoms with Crippen LogP contribution in [0.25, 0.3) is 0 Å². The predicted octanol–water partition coefficient (Wildman–Crippen LogP) is 4.90. The van der Waals surface area contributed by atoms with Crippen molar-refractivity contribution in [3.63, 3.8) is 0 Å². The number of hydrogen-bond acceptors (Lipinski definition) is 7. The molecule has 0 radical (unpaired) electrons. The van der Waals surface area contributed by atoms with Gasteiger partial charge in [0.2, 0.25) is 0 Å². The lowest BCUT2D eigenvalue weighted by atomic mass is 9.84. The van der Waals surface area contributed by atoms with Gasteiger partial charge in [0.25, 0.3) is 5.91 Å². The number of hydrogen-bond donors (Lipinski definition) is 3. The molecule has 4 rings (SSSR count). The number of aliphatic hydroxyl groups excluding tert-OH is 1. The number of anilines is 1. The third kappa shape index (κ3) is 5.50. The summed E-state index contributed by atoms with van der Waals surface area (Å²) < 4.78 is 5.27. The number of methoxy groups -OCH3 is 1. The van der Waals surface area contributed by atoms with Crippen molar-refractivity contribution in [3.05, 3.63) is 81.6 Å².